The van der Waals surface area contributed by atoms with Crippen LogP contribution in [0.25, 0.3) is 0 Å². The molecule has 1 saturated heterocycles. The monoisotopic (exact) mass is 321 g/mol. The van der Waals surface area contributed by atoms with Gasteiger partial charge in [-0.3, -0.25) is 4.79 Å². The molecule has 0 unspecified atom stereocenters. The van der Waals surface area contributed by atoms with Gasteiger partial charge in [0.25, 0.3) is 5.91 Å². The van der Waals surface area contributed by atoms with Crippen molar-refractivity contribution in [3.63, 3.8) is 0 Å². The number of carbonyl (C=O) groups excluding carboxylic acids is 1. The van der Waals surface area contributed by atoms with Crippen LogP contribution in [0.1, 0.15) is 48.5 Å². The summed E-state index contributed by atoms with van der Waals surface area (Å²) in [5, 5.41) is 11.5. The Balaban J connectivity index is 1.83. The van der Waals surface area contributed by atoms with E-state index in [9.17, 15) is 9.90 Å². The maximum atomic E-state index is 12.8. The minimum absolute atomic E-state index is 0.0489. The topological polar surface area (TPSA) is 40.5 Å². The highest BCUT2D eigenvalue weighted by Crippen LogP contribution is 2.44. The van der Waals surface area contributed by atoms with Crippen molar-refractivity contribution in [1.29, 1.82) is 0 Å². The number of aliphatic hydroxyl groups is 1. The van der Waals surface area contributed by atoms with Crippen molar-refractivity contribution in [2.24, 2.45) is 11.8 Å². The van der Waals surface area contributed by atoms with Gasteiger partial charge in [-0.25, -0.2) is 0 Å². The van der Waals surface area contributed by atoms with E-state index < -0.39 is 5.60 Å². The third-order valence-electron chi connectivity index (χ3n) is 5.71. The fraction of sp³-hybridized carbons (Fsp3) is 0.611. The Labute approximate surface area is 137 Å². The summed E-state index contributed by atoms with van der Waals surface area (Å²) in [6.45, 7) is 5.37. The third-order valence-corrected chi connectivity index (χ3v) is 6.12. The number of nitrogens with zero attached hydrogens (tertiary/aromatic N) is 1. The molecule has 1 amide bonds. The molecule has 1 heterocycles. The largest absolute Gasteiger partial charge is 0.390 e. The number of carbonyl (C=O) groups is 1. The number of fused-ring (bicyclic) bond motifs is 1. The summed E-state index contributed by atoms with van der Waals surface area (Å²) in [7, 11) is 0. The van der Waals surface area contributed by atoms with Crippen molar-refractivity contribution in [3.8, 4) is 0 Å². The number of benzene rings is 1. The molecule has 120 valence electrons. The van der Waals surface area contributed by atoms with E-state index in [0.29, 0.717) is 23.0 Å². The zero-order valence-electron chi connectivity index (χ0n) is 13.3. The van der Waals surface area contributed by atoms with Crippen LogP contribution >= 0.6 is 11.6 Å². The molecule has 1 aromatic carbocycles. The molecule has 1 saturated carbocycles. The van der Waals surface area contributed by atoms with E-state index in [1.807, 2.05) is 36.9 Å². The van der Waals surface area contributed by atoms with Crippen LogP contribution in [-0.4, -0.2) is 34.6 Å². The van der Waals surface area contributed by atoms with E-state index in [0.717, 1.165) is 37.8 Å². The Hall–Kier alpha value is -1.06. The quantitative estimate of drug-likeness (QED) is 0.903. The molecule has 2 fully saturated rings. The Morgan fingerprint density at radius 2 is 2.23 bits per heavy atom. The average Bonchev–Trinajstić information content (AvgIpc) is 2.95. The summed E-state index contributed by atoms with van der Waals surface area (Å²) in [6.07, 6.45) is 3.81. The van der Waals surface area contributed by atoms with Crippen LogP contribution < -0.4 is 0 Å². The zero-order chi connectivity index (χ0) is 15.9. The normalized spacial score (nSPS) is 31.2. The molecular weight excluding hydrogens is 298 g/mol. The lowest BCUT2D eigenvalue weighted by molar-refractivity contribution is -0.0609. The first kappa shape index (κ1) is 15.8. The third kappa shape index (κ3) is 2.55. The van der Waals surface area contributed by atoms with Gasteiger partial charge in [-0.15, -0.1) is 0 Å². The van der Waals surface area contributed by atoms with Crippen molar-refractivity contribution < 1.29 is 9.90 Å². The van der Waals surface area contributed by atoms with Crippen molar-refractivity contribution in [1.82, 2.24) is 4.90 Å². The van der Waals surface area contributed by atoms with Gasteiger partial charge in [-0.1, -0.05) is 31.0 Å². The average molecular weight is 322 g/mol. The van der Waals surface area contributed by atoms with Crippen molar-refractivity contribution in [2.45, 2.75) is 45.1 Å². The minimum Gasteiger partial charge on any atom is -0.390 e. The van der Waals surface area contributed by atoms with Crippen LogP contribution in [0.4, 0.5) is 0 Å². The summed E-state index contributed by atoms with van der Waals surface area (Å²) in [5.74, 6) is 0.699. The Bertz CT molecular complexity index is 588. The highest BCUT2D eigenvalue weighted by Gasteiger charge is 2.48. The first-order valence-electron chi connectivity index (χ1n) is 8.23. The minimum atomic E-state index is -0.596. The molecule has 1 aliphatic heterocycles. The molecule has 22 heavy (non-hydrogen) atoms. The van der Waals surface area contributed by atoms with E-state index in [4.69, 9.17) is 11.6 Å². The smallest absolute Gasteiger partial charge is 0.254 e. The van der Waals surface area contributed by atoms with Crippen LogP contribution in [0.2, 0.25) is 5.02 Å². The second kappa shape index (κ2) is 5.86. The van der Waals surface area contributed by atoms with E-state index in [1.54, 1.807) is 0 Å². The van der Waals surface area contributed by atoms with Crippen LogP contribution in [0.5, 0.6) is 0 Å². The predicted octanol–water partition coefficient (Wildman–Crippen LogP) is 3.66. The summed E-state index contributed by atoms with van der Waals surface area (Å²) < 4.78 is 0. The van der Waals surface area contributed by atoms with Crippen molar-refractivity contribution >= 4 is 17.5 Å². The molecule has 0 bridgehead atoms. The molecule has 1 N–H and O–H groups in total. The van der Waals surface area contributed by atoms with Crippen molar-refractivity contribution in [2.75, 3.05) is 13.1 Å². The lowest BCUT2D eigenvalue weighted by Gasteiger charge is -2.40. The standard InChI is InChI=1S/C18H24ClNO2/c1-3-18(22)9-5-6-13-10-20(11-15(13)18)17(21)14-7-4-8-16(19)12(14)2/h4,7-8,13,15,22H,3,5-6,9-11H2,1-2H3/t13-,15+,18-/m0/s1. The van der Waals surface area contributed by atoms with E-state index in [1.165, 1.54) is 0 Å². The fourth-order valence-electron chi connectivity index (χ4n) is 4.24. The Morgan fingerprint density at radius 1 is 1.45 bits per heavy atom. The number of rotatable bonds is 2. The number of hydrogen-bond donors (Lipinski definition) is 1. The van der Waals surface area contributed by atoms with Gasteiger partial charge in [-0.05, 0) is 49.8 Å². The Kier molecular flexibility index (Phi) is 4.21. The summed E-state index contributed by atoms with van der Waals surface area (Å²) >= 11 is 6.14. The summed E-state index contributed by atoms with van der Waals surface area (Å²) in [6, 6.07) is 5.48. The number of amides is 1. The summed E-state index contributed by atoms with van der Waals surface area (Å²) in [4.78, 5) is 14.8. The number of halogens is 1. The molecular formula is C18H24ClNO2. The summed E-state index contributed by atoms with van der Waals surface area (Å²) in [5.41, 5.74) is 0.933. The number of likely N-dealkylation sites (tertiary alicyclic amines) is 1. The highest BCUT2D eigenvalue weighted by molar-refractivity contribution is 6.31. The highest BCUT2D eigenvalue weighted by atomic mass is 35.5. The predicted molar refractivity (Wildman–Crippen MR) is 88.2 cm³/mol. The van der Waals surface area contributed by atoms with Crippen LogP contribution in [0.15, 0.2) is 18.2 Å². The van der Waals surface area contributed by atoms with E-state index >= 15 is 0 Å². The maximum Gasteiger partial charge on any atom is 0.254 e. The molecule has 3 nitrogen and oxygen atoms in total. The first-order valence-corrected chi connectivity index (χ1v) is 8.61. The maximum absolute atomic E-state index is 12.8. The molecule has 1 aromatic rings. The van der Waals surface area contributed by atoms with E-state index in [2.05, 4.69) is 0 Å². The lowest BCUT2D eigenvalue weighted by atomic mass is 9.69. The molecule has 1 aliphatic carbocycles. The molecule has 0 spiro atoms. The lowest BCUT2D eigenvalue weighted by Crippen LogP contribution is -2.44. The van der Waals surface area contributed by atoms with Gasteiger partial charge in [-0.2, -0.15) is 0 Å². The second-order valence-corrected chi connectivity index (χ2v) is 7.25. The van der Waals surface area contributed by atoms with Gasteiger partial charge in [0.15, 0.2) is 0 Å². The SMILES string of the molecule is CC[C@]1(O)CCC[C@H]2CN(C(=O)c3cccc(Cl)c3C)C[C@H]21. The number of hydrogen-bond acceptors (Lipinski definition) is 2. The van der Waals surface area contributed by atoms with Gasteiger partial charge in [0, 0.05) is 29.6 Å². The van der Waals surface area contributed by atoms with Gasteiger partial charge in [0.1, 0.15) is 0 Å². The Morgan fingerprint density at radius 3 is 2.95 bits per heavy atom. The molecule has 0 aromatic heterocycles. The molecule has 3 rings (SSSR count). The molecule has 3 atom stereocenters. The van der Waals surface area contributed by atoms with Crippen LogP contribution in [0.3, 0.4) is 0 Å². The van der Waals surface area contributed by atoms with Crippen LogP contribution in [0, 0.1) is 18.8 Å². The van der Waals surface area contributed by atoms with Crippen molar-refractivity contribution in [3.05, 3.63) is 34.3 Å². The zero-order valence-corrected chi connectivity index (χ0v) is 14.1. The van der Waals surface area contributed by atoms with Gasteiger partial charge < -0.3 is 10.0 Å². The van der Waals surface area contributed by atoms with Crippen LogP contribution in [-0.2, 0) is 0 Å². The molecule has 0 radical (unpaired) electrons. The molecule has 4 heteroatoms. The second-order valence-electron chi connectivity index (χ2n) is 6.84. The van der Waals surface area contributed by atoms with Gasteiger partial charge >= 0.3 is 0 Å². The molecule has 2 aliphatic rings. The fourth-order valence-corrected chi connectivity index (χ4v) is 4.42. The first-order chi connectivity index (χ1) is 10.5. The van der Waals surface area contributed by atoms with Gasteiger partial charge in [0.2, 0.25) is 0 Å². The van der Waals surface area contributed by atoms with Gasteiger partial charge in [0.05, 0.1) is 5.60 Å². The van der Waals surface area contributed by atoms with E-state index in [-0.39, 0.29) is 11.8 Å².